The number of ether oxygens (including phenoxy) is 1. The van der Waals surface area contributed by atoms with E-state index in [1.165, 1.54) is 6.08 Å². The van der Waals surface area contributed by atoms with Crippen LogP contribution in [0, 0.1) is 0 Å². The molecule has 10 nitrogen and oxygen atoms in total. The maximum Gasteiger partial charge on any atom is 0.247 e. The number of carbonyl (C=O) groups excluding carboxylic acids is 1. The van der Waals surface area contributed by atoms with Gasteiger partial charge in [-0.05, 0) is 44.3 Å². The van der Waals surface area contributed by atoms with Gasteiger partial charge in [-0.25, -0.2) is 0 Å². The number of hydrogen-bond acceptors (Lipinski definition) is 7. The van der Waals surface area contributed by atoms with E-state index in [9.17, 15) is 4.79 Å². The number of carbonyl (C=O) groups is 1. The van der Waals surface area contributed by atoms with Crippen molar-refractivity contribution in [1.29, 1.82) is 0 Å². The summed E-state index contributed by atoms with van der Waals surface area (Å²) < 4.78 is 8.05. The van der Waals surface area contributed by atoms with E-state index in [-0.39, 0.29) is 5.91 Å². The first-order chi connectivity index (χ1) is 16.1. The second kappa shape index (κ2) is 8.75. The second-order valence-electron chi connectivity index (χ2n) is 7.95. The van der Waals surface area contributed by atoms with Gasteiger partial charge < -0.3 is 25.3 Å². The Morgan fingerprint density at radius 1 is 1.30 bits per heavy atom. The normalized spacial score (nSPS) is 16.1. The number of fused-ring (bicyclic) bond motifs is 1. The smallest absolute Gasteiger partial charge is 0.247 e. The maximum atomic E-state index is 11.6. The van der Waals surface area contributed by atoms with Crippen LogP contribution in [0.5, 0.6) is 11.6 Å². The molecule has 1 aliphatic rings. The van der Waals surface area contributed by atoms with Crippen LogP contribution >= 0.6 is 0 Å². The number of hydrogen-bond donors (Lipinski definition) is 3. The number of aromatic amines is 1. The fourth-order valence-electron chi connectivity index (χ4n) is 3.85. The summed E-state index contributed by atoms with van der Waals surface area (Å²) in [4.78, 5) is 26.1. The number of aromatic nitrogens is 5. The molecular weight excluding hydrogens is 420 g/mol. The third-order valence-electron chi connectivity index (χ3n) is 5.48. The Labute approximate surface area is 190 Å². The van der Waals surface area contributed by atoms with Crippen LogP contribution in [0.2, 0.25) is 0 Å². The molecule has 1 unspecified atom stereocenters. The Kier molecular flexibility index (Phi) is 5.49. The molecule has 0 radical (unpaired) electrons. The topological polar surface area (TPSA) is 113 Å². The van der Waals surface area contributed by atoms with E-state index in [4.69, 9.17) is 4.74 Å². The average Bonchev–Trinajstić information content (AvgIpc) is 3.55. The number of anilines is 3. The molecule has 33 heavy (non-hydrogen) atoms. The number of amides is 1. The first-order valence-corrected chi connectivity index (χ1v) is 10.6. The largest absolute Gasteiger partial charge is 0.438 e. The van der Waals surface area contributed by atoms with Crippen molar-refractivity contribution in [2.75, 3.05) is 30.8 Å². The predicted molar refractivity (Wildman–Crippen MR) is 126 cm³/mol. The van der Waals surface area contributed by atoms with E-state index < -0.39 is 0 Å². The van der Waals surface area contributed by atoms with Crippen molar-refractivity contribution in [3.63, 3.8) is 0 Å². The standard InChI is InChI=1S/C23H24N8O2/c1-3-20(32)26-15-5-4-6-18(11-15)33-22-19-7-9-24-21(19)28-23(29-22)27-16-12-25-31(13-16)17-8-10-30(2)14-17/h3-7,9,11-13,17H,1,8,10,14H2,2H3,(H,26,32)(H2,24,27,28,29). The summed E-state index contributed by atoms with van der Waals surface area (Å²) in [6.07, 6.45) is 7.82. The summed E-state index contributed by atoms with van der Waals surface area (Å²) in [7, 11) is 2.12. The number of nitrogens with zero attached hydrogens (tertiary/aromatic N) is 5. The predicted octanol–water partition coefficient (Wildman–Crippen LogP) is 3.69. The minimum Gasteiger partial charge on any atom is -0.438 e. The van der Waals surface area contributed by atoms with Crippen LogP contribution in [0.25, 0.3) is 11.0 Å². The van der Waals surface area contributed by atoms with Crippen LogP contribution in [-0.4, -0.2) is 55.7 Å². The second-order valence-corrected chi connectivity index (χ2v) is 7.95. The summed E-state index contributed by atoms with van der Waals surface area (Å²) in [5.74, 6) is 1.01. The van der Waals surface area contributed by atoms with Crippen molar-refractivity contribution in [3.05, 3.63) is 61.6 Å². The first kappa shape index (κ1) is 20.7. The molecular formula is C23H24N8O2. The Balaban J connectivity index is 1.38. The number of likely N-dealkylation sites (N-methyl/N-ethyl adjacent to an activating group) is 1. The number of benzene rings is 1. The van der Waals surface area contributed by atoms with Gasteiger partial charge in [0, 0.05) is 30.7 Å². The lowest BCUT2D eigenvalue weighted by Crippen LogP contribution is -2.16. The van der Waals surface area contributed by atoms with Crippen LogP contribution in [0.1, 0.15) is 12.5 Å². The number of likely N-dealkylation sites (tertiary alicyclic amines) is 1. The van der Waals surface area contributed by atoms with Gasteiger partial charge in [0.1, 0.15) is 11.4 Å². The van der Waals surface area contributed by atoms with Crippen molar-refractivity contribution in [3.8, 4) is 11.6 Å². The maximum absolute atomic E-state index is 11.6. The van der Waals surface area contributed by atoms with E-state index in [0.29, 0.717) is 35.0 Å². The van der Waals surface area contributed by atoms with Crippen LogP contribution in [0.3, 0.4) is 0 Å². The van der Waals surface area contributed by atoms with Crippen molar-refractivity contribution < 1.29 is 9.53 Å². The van der Waals surface area contributed by atoms with Crippen molar-refractivity contribution >= 4 is 34.3 Å². The zero-order chi connectivity index (χ0) is 22.8. The lowest BCUT2D eigenvalue weighted by molar-refractivity contribution is -0.111. The van der Waals surface area contributed by atoms with Crippen molar-refractivity contribution in [2.24, 2.45) is 0 Å². The van der Waals surface area contributed by atoms with Crippen LogP contribution in [0.4, 0.5) is 17.3 Å². The minimum absolute atomic E-state index is 0.293. The van der Waals surface area contributed by atoms with Crippen LogP contribution < -0.4 is 15.4 Å². The van der Waals surface area contributed by atoms with Crippen LogP contribution in [-0.2, 0) is 4.79 Å². The molecule has 1 amide bonds. The van der Waals surface area contributed by atoms with Gasteiger partial charge in [-0.2, -0.15) is 15.1 Å². The summed E-state index contributed by atoms with van der Waals surface area (Å²) in [5, 5.41) is 11.2. The highest BCUT2D eigenvalue weighted by Gasteiger charge is 2.22. The lowest BCUT2D eigenvalue weighted by atomic mass is 10.3. The quantitative estimate of drug-likeness (QED) is 0.373. The van der Waals surface area contributed by atoms with Gasteiger partial charge in [-0.1, -0.05) is 12.6 Å². The molecule has 1 atom stereocenters. The Morgan fingerprint density at radius 3 is 3.03 bits per heavy atom. The summed E-state index contributed by atoms with van der Waals surface area (Å²) in [5.41, 5.74) is 2.04. The molecule has 3 N–H and O–H groups in total. The Morgan fingerprint density at radius 2 is 2.21 bits per heavy atom. The fraction of sp³-hybridized carbons (Fsp3) is 0.217. The van der Waals surface area contributed by atoms with Gasteiger partial charge in [0.25, 0.3) is 0 Å². The van der Waals surface area contributed by atoms with E-state index in [1.54, 1.807) is 36.7 Å². The number of rotatable bonds is 7. The summed E-state index contributed by atoms with van der Waals surface area (Å²) in [6, 6.07) is 9.29. The monoisotopic (exact) mass is 444 g/mol. The molecule has 168 valence electrons. The SMILES string of the molecule is C=CC(=O)Nc1cccc(Oc2nc(Nc3cnn(C4CCN(C)C4)c3)nc3[nH]ccc23)c1. The summed E-state index contributed by atoms with van der Waals surface area (Å²) in [6.45, 7) is 5.52. The first-order valence-electron chi connectivity index (χ1n) is 10.6. The van der Waals surface area contributed by atoms with E-state index in [2.05, 4.69) is 49.2 Å². The van der Waals surface area contributed by atoms with Gasteiger partial charge in [0.15, 0.2) is 0 Å². The average molecular weight is 444 g/mol. The molecule has 0 aliphatic carbocycles. The van der Waals surface area contributed by atoms with E-state index in [0.717, 1.165) is 30.6 Å². The zero-order valence-electron chi connectivity index (χ0n) is 18.2. The summed E-state index contributed by atoms with van der Waals surface area (Å²) >= 11 is 0. The highest BCUT2D eigenvalue weighted by molar-refractivity contribution is 5.99. The van der Waals surface area contributed by atoms with Gasteiger partial charge >= 0.3 is 0 Å². The Hall–Kier alpha value is -4.18. The molecule has 0 saturated carbocycles. The van der Waals surface area contributed by atoms with Crippen molar-refractivity contribution in [2.45, 2.75) is 12.5 Å². The zero-order valence-corrected chi connectivity index (χ0v) is 18.2. The number of nitrogens with one attached hydrogen (secondary N) is 3. The molecule has 0 spiro atoms. The molecule has 0 bridgehead atoms. The third-order valence-corrected chi connectivity index (χ3v) is 5.48. The molecule has 10 heteroatoms. The fourth-order valence-corrected chi connectivity index (χ4v) is 3.85. The highest BCUT2D eigenvalue weighted by atomic mass is 16.5. The Bertz CT molecular complexity index is 1310. The molecule has 4 heterocycles. The molecule has 5 rings (SSSR count). The molecule has 3 aromatic heterocycles. The lowest BCUT2D eigenvalue weighted by Gasteiger charge is -2.11. The van der Waals surface area contributed by atoms with Gasteiger partial charge in [-0.3, -0.25) is 9.48 Å². The highest BCUT2D eigenvalue weighted by Crippen LogP contribution is 2.30. The molecule has 4 aromatic rings. The van der Waals surface area contributed by atoms with E-state index >= 15 is 0 Å². The van der Waals surface area contributed by atoms with Gasteiger partial charge in [0.2, 0.25) is 17.7 Å². The number of H-pyrrole nitrogens is 1. The molecule has 1 aliphatic heterocycles. The van der Waals surface area contributed by atoms with Crippen molar-refractivity contribution in [1.82, 2.24) is 29.6 Å². The molecule has 1 saturated heterocycles. The van der Waals surface area contributed by atoms with Crippen LogP contribution in [0.15, 0.2) is 61.6 Å². The van der Waals surface area contributed by atoms with E-state index in [1.807, 2.05) is 16.9 Å². The molecule has 1 aromatic carbocycles. The van der Waals surface area contributed by atoms with Gasteiger partial charge in [0.05, 0.1) is 23.3 Å². The molecule has 1 fully saturated rings. The van der Waals surface area contributed by atoms with Gasteiger partial charge in [-0.15, -0.1) is 0 Å². The minimum atomic E-state index is -0.293. The third kappa shape index (κ3) is 4.55.